The molecular formula is C14H20N2O2S. The number of piperazine rings is 1. The van der Waals surface area contributed by atoms with E-state index in [1.807, 2.05) is 30.5 Å². The number of carboxylic acid groups (broad SMARTS) is 1. The molecule has 1 fully saturated rings. The molecule has 0 saturated carbocycles. The lowest BCUT2D eigenvalue weighted by atomic mass is 10.0. The number of likely N-dealkylation sites (N-methyl/N-ethyl adjacent to an activating group) is 1. The highest BCUT2D eigenvalue weighted by Crippen LogP contribution is 2.30. The smallest absolute Gasteiger partial charge is 0.325 e. The molecule has 1 aromatic carbocycles. The van der Waals surface area contributed by atoms with Gasteiger partial charge in [-0.2, -0.15) is 0 Å². The van der Waals surface area contributed by atoms with E-state index in [-0.39, 0.29) is 0 Å². The number of carboxylic acids is 1. The van der Waals surface area contributed by atoms with Crippen LogP contribution in [0.3, 0.4) is 0 Å². The van der Waals surface area contributed by atoms with Crippen LogP contribution in [-0.4, -0.2) is 60.4 Å². The molecule has 2 rings (SSSR count). The zero-order valence-corrected chi connectivity index (χ0v) is 12.2. The van der Waals surface area contributed by atoms with Crippen molar-refractivity contribution in [3.05, 3.63) is 29.8 Å². The Balaban J connectivity index is 2.27. The van der Waals surface area contributed by atoms with Gasteiger partial charge in [0, 0.05) is 31.1 Å². The molecule has 0 amide bonds. The predicted octanol–water partition coefficient (Wildman–Crippen LogP) is 1.78. The lowest BCUT2D eigenvalue weighted by Gasteiger charge is -2.36. The number of benzene rings is 1. The van der Waals surface area contributed by atoms with Crippen molar-refractivity contribution in [2.24, 2.45) is 0 Å². The molecule has 0 spiro atoms. The van der Waals surface area contributed by atoms with E-state index in [0.717, 1.165) is 36.6 Å². The maximum atomic E-state index is 11.7. The minimum atomic E-state index is -0.758. The Morgan fingerprint density at radius 3 is 2.47 bits per heavy atom. The van der Waals surface area contributed by atoms with Gasteiger partial charge >= 0.3 is 5.97 Å². The van der Waals surface area contributed by atoms with Crippen LogP contribution in [-0.2, 0) is 4.79 Å². The van der Waals surface area contributed by atoms with E-state index in [2.05, 4.69) is 16.8 Å². The molecule has 1 aliphatic heterocycles. The molecule has 1 heterocycles. The summed E-state index contributed by atoms with van der Waals surface area (Å²) in [5, 5.41) is 9.60. The molecule has 1 saturated heterocycles. The minimum Gasteiger partial charge on any atom is -0.480 e. The Morgan fingerprint density at radius 1 is 1.26 bits per heavy atom. The number of nitrogens with zero attached hydrogens (tertiary/aromatic N) is 2. The molecular weight excluding hydrogens is 260 g/mol. The number of hydrogen-bond donors (Lipinski definition) is 1. The van der Waals surface area contributed by atoms with Crippen molar-refractivity contribution in [3.8, 4) is 0 Å². The van der Waals surface area contributed by atoms with Crippen molar-refractivity contribution in [2.45, 2.75) is 10.9 Å². The molecule has 5 heteroatoms. The van der Waals surface area contributed by atoms with Crippen LogP contribution < -0.4 is 0 Å². The summed E-state index contributed by atoms with van der Waals surface area (Å²) in [7, 11) is 2.07. The quantitative estimate of drug-likeness (QED) is 0.852. The van der Waals surface area contributed by atoms with Crippen molar-refractivity contribution in [3.63, 3.8) is 0 Å². The van der Waals surface area contributed by atoms with Crippen molar-refractivity contribution < 1.29 is 9.90 Å². The third-order valence-corrected chi connectivity index (χ3v) is 4.38. The molecule has 0 aliphatic carbocycles. The second kappa shape index (κ2) is 6.41. The summed E-state index contributed by atoms with van der Waals surface area (Å²) >= 11 is 1.61. The fourth-order valence-electron chi connectivity index (χ4n) is 2.46. The van der Waals surface area contributed by atoms with Gasteiger partial charge in [0.05, 0.1) is 0 Å². The van der Waals surface area contributed by atoms with E-state index in [0.29, 0.717) is 0 Å². The molecule has 19 heavy (non-hydrogen) atoms. The van der Waals surface area contributed by atoms with Gasteiger partial charge in [-0.25, -0.2) is 0 Å². The summed E-state index contributed by atoms with van der Waals surface area (Å²) in [4.78, 5) is 17.0. The number of aliphatic carboxylic acids is 1. The van der Waals surface area contributed by atoms with Crippen LogP contribution in [0.25, 0.3) is 0 Å². The Morgan fingerprint density at radius 2 is 1.89 bits per heavy atom. The topological polar surface area (TPSA) is 43.8 Å². The normalized spacial score (nSPS) is 19.3. The molecule has 0 bridgehead atoms. The summed E-state index contributed by atoms with van der Waals surface area (Å²) in [6, 6.07) is 7.27. The maximum Gasteiger partial charge on any atom is 0.325 e. The largest absolute Gasteiger partial charge is 0.480 e. The Labute approximate surface area is 118 Å². The average Bonchev–Trinajstić information content (AvgIpc) is 2.41. The van der Waals surface area contributed by atoms with Gasteiger partial charge in [0.25, 0.3) is 0 Å². The standard InChI is InChI=1S/C14H20N2O2S/c1-15-7-9-16(10-8-15)13(14(17)18)11-5-3-4-6-12(11)19-2/h3-6,13H,7-10H2,1-2H3,(H,17,18)/t13-/m0/s1. The highest BCUT2D eigenvalue weighted by Gasteiger charge is 2.30. The number of hydrogen-bond acceptors (Lipinski definition) is 4. The van der Waals surface area contributed by atoms with Crippen LogP contribution in [0, 0.1) is 0 Å². The van der Waals surface area contributed by atoms with Crippen LogP contribution >= 0.6 is 11.8 Å². The van der Waals surface area contributed by atoms with E-state index in [1.165, 1.54) is 0 Å². The van der Waals surface area contributed by atoms with Crippen LogP contribution in [0.4, 0.5) is 0 Å². The fourth-order valence-corrected chi connectivity index (χ4v) is 3.09. The van der Waals surface area contributed by atoms with E-state index in [9.17, 15) is 9.90 Å². The summed E-state index contributed by atoms with van der Waals surface area (Å²) in [6.45, 7) is 3.45. The van der Waals surface area contributed by atoms with E-state index in [4.69, 9.17) is 0 Å². The summed E-state index contributed by atoms with van der Waals surface area (Å²) in [5.74, 6) is -0.758. The van der Waals surface area contributed by atoms with Gasteiger partial charge in [-0.1, -0.05) is 18.2 Å². The van der Waals surface area contributed by atoms with Crippen LogP contribution in [0.1, 0.15) is 11.6 Å². The third-order valence-electron chi connectivity index (χ3n) is 3.57. The van der Waals surface area contributed by atoms with Gasteiger partial charge in [0.15, 0.2) is 0 Å². The van der Waals surface area contributed by atoms with E-state index in [1.54, 1.807) is 11.8 Å². The van der Waals surface area contributed by atoms with Crippen LogP contribution in [0.2, 0.25) is 0 Å². The molecule has 1 N–H and O–H groups in total. The molecule has 104 valence electrons. The first-order chi connectivity index (χ1) is 9.13. The first kappa shape index (κ1) is 14.4. The third kappa shape index (κ3) is 3.29. The zero-order chi connectivity index (χ0) is 13.8. The first-order valence-electron chi connectivity index (χ1n) is 6.42. The highest BCUT2D eigenvalue weighted by molar-refractivity contribution is 7.98. The summed E-state index contributed by atoms with van der Waals surface area (Å²) < 4.78 is 0. The number of carbonyl (C=O) groups is 1. The van der Waals surface area contributed by atoms with Crippen LogP contribution in [0.15, 0.2) is 29.2 Å². The molecule has 0 radical (unpaired) electrons. The fraction of sp³-hybridized carbons (Fsp3) is 0.500. The van der Waals surface area contributed by atoms with Crippen molar-refractivity contribution in [1.29, 1.82) is 0 Å². The maximum absolute atomic E-state index is 11.7. The lowest BCUT2D eigenvalue weighted by molar-refractivity contribution is -0.144. The van der Waals surface area contributed by atoms with Gasteiger partial charge in [-0.05, 0) is 24.9 Å². The van der Waals surface area contributed by atoms with Gasteiger partial charge in [0.2, 0.25) is 0 Å². The van der Waals surface area contributed by atoms with Crippen molar-refractivity contribution in [2.75, 3.05) is 39.5 Å². The zero-order valence-electron chi connectivity index (χ0n) is 11.4. The predicted molar refractivity (Wildman–Crippen MR) is 77.7 cm³/mol. The average molecular weight is 280 g/mol. The molecule has 1 aromatic rings. The monoisotopic (exact) mass is 280 g/mol. The van der Waals surface area contributed by atoms with Gasteiger partial charge in [-0.15, -0.1) is 11.8 Å². The first-order valence-corrected chi connectivity index (χ1v) is 7.64. The second-order valence-corrected chi connectivity index (χ2v) is 5.67. The highest BCUT2D eigenvalue weighted by atomic mass is 32.2. The second-order valence-electron chi connectivity index (χ2n) is 4.82. The van der Waals surface area contributed by atoms with Crippen LogP contribution in [0.5, 0.6) is 0 Å². The van der Waals surface area contributed by atoms with E-state index >= 15 is 0 Å². The van der Waals surface area contributed by atoms with Crippen molar-refractivity contribution >= 4 is 17.7 Å². The summed E-state index contributed by atoms with van der Waals surface area (Å²) in [5.41, 5.74) is 0.909. The summed E-state index contributed by atoms with van der Waals surface area (Å²) in [6.07, 6.45) is 1.99. The number of rotatable bonds is 4. The van der Waals surface area contributed by atoms with Crippen molar-refractivity contribution in [1.82, 2.24) is 9.80 Å². The molecule has 0 unspecified atom stereocenters. The van der Waals surface area contributed by atoms with Gasteiger partial charge < -0.3 is 10.0 Å². The lowest BCUT2D eigenvalue weighted by Crippen LogP contribution is -2.47. The van der Waals surface area contributed by atoms with E-state index < -0.39 is 12.0 Å². The molecule has 1 aliphatic rings. The Kier molecular flexibility index (Phi) is 4.85. The Hall–Kier alpha value is -1.04. The van der Waals surface area contributed by atoms with Gasteiger partial charge in [0.1, 0.15) is 6.04 Å². The minimum absolute atomic E-state index is 0.530. The molecule has 4 nitrogen and oxygen atoms in total. The molecule has 1 atom stereocenters. The SMILES string of the molecule is CSc1ccccc1[C@@H](C(=O)O)N1CCN(C)CC1. The van der Waals surface area contributed by atoms with Gasteiger partial charge in [-0.3, -0.25) is 9.69 Å². The molecule has 0 aromatic heterocycles. The Bertz CT molecular complexity index is 445. The number of thioether (sulfide) groups is 1.